The van der Waals surface area contributed by atoms with Crippen LogP contribution < -0.4 is 0 Å². The molecule has 24 heavy (non-hydrogen) atoms. The third-order valence-corrected chi connectivity index (χ3v) is 4.87. The smallest absolute Gasteiger partial charge is 0.257 e. The van der Waals surface area contributed by atoms with Gasteiger partial charge in [-0.15, -0.1) is 0 Å². The molecule has 120 valence electrons. The van der Waals surface area contributed by atoms with Gasteiger partial charge in [-0.05, 0) is 31.2 Å². The number of rotatable bonds is 4. The summed E-state index contributed by atoms with van der Waals surface area (Å²) in [4.78, 5) is 9.11. The van der Waals surface area contributed by atoms with Crippen molar-refractivity contribution in [2.24, 2.45) is 7.05 Å². The number of para-hydroxylation sites is 2. The van der Waals surface area contributed by atoms with E-state index in [4.69, 9.17) is 4.52 Å². The fraction of sp³-hybridized carbons (Fsp3) is 0.167. The predicted octanol–water partition coefficient (Wildman–Crippen LogP) is 4.22. The van der Waals surface area contributed by atoms with Crippen molar-refractivity contribution >= 4 is 22.8 Å². The molecule has 0 saturated carbocycles. The van der Waals surface area contributed by atoms with E-state index in [1.165, 1.54) is 5.56 Å². The molecule has 0 aliphatic heterocycles. The van der Waals surface area contributed by atoms with Gasteiger partial charge in [-0.25, -0.2) is 4.98 Å². The van der Waals surface area contributed by atoms with Gasteiger partial charge in [-0.2, -0.15) is 4.98 Å². The standard InChI is InChI=1S/C18H16N4OS/c1-12-7-9-13(10-8-12)17-20-16(21-23-17)11-24-18-19-14-5-3-4-6-15(14)22(18)2/h3-10H,11H2,1-2H3. The van der Waals surface area contributed by atoms with Gasteiger partial charge in [0.1, 0.15) is 0 Å². The Balaban J connectivity index is 1.51. The van der Waals surface area contributed by atoms with Crippen molar-refractivity contribution in [2.75, 3.05) is 0 Å². The van der Waals surface area contributed by atoms with Crippen LogP contribution in [-0.4, -0.2) is 19.7 Å². The lowest BCUT2D eigenvalue weighted by Crippen LogP contribution is -1.92. The topological polar surface area (TPSA) is 56.7 Å². The predicted molar refractivity (Wildman–Crippen MR) is 94.7 cm³/mol. The summed E-state index contributed by atoms with van der Waals surface area (Å²) in [5.74, 6) is 1.84. The molecule has 0 spiro atoms. The van der Waals surface area contributed by atoms with E-state index in [9.17, 15) is 0 Å². The molecule has 0 aliphatic rings. The molecule has 0 saturated heterocycles. The molecule has 2 aromatic carbocycles. The minimum absolute atomic E-state index is 0.551. The fourth-order valence-corrected chi connectivity index (χ4v) is 3.34. The summed E-state index contributed by atoms with van der Waals surface area (Å²) in [6, 6.07) is 16.2. The highest BCUT2D eigenvalue weighted by atomic mass is 32.2. The van der Waals surface area contributed by atoms with Crippen molar-refractivity contribution in [3.63, 3.8) is 0 Å². The van der Waals surface area contributed by atoms with Crippen LogP contribution in [0.25, 0.3) is 22.5 Å². The van der Waals surface area contributed by atoms with E-state index in [0.717, 1.165) is 21.8 Å². The molecule has 4 aromatic rings. The lowest BCUT2D eigenvalue weighted by Gasteiger charge is -1.99. The molecule has 2 aromatic heterocycles. The van der Waals surface area contributed by atoms with Crippen LogP contribution in [0, 0.1) is 6.92 Å². The van der Waals surface area contributed by atoms with Crippen molar-refractivity contribution in [3.05, 3.63) is 59.9 Å². The molecule has 0 aliphatic carbocycles. The van der Waals surface area contributed by atoms with Crippen LogP contribution in [0.5, 0.6) is 0 Å². The molecular weight excluding hydrogens is 320 g/mol. The maximum atomic E-state index is 5.37. The number of hydrogen-bond donors (Lipinski definition) is 0. The van der Waals surface area contributed by atoms with Gasteiger partial charge in [-0.1, -0.05) is 46.7 Å². The summed E-state index contributed by atoms with van der Waals surface area (Å²) >= 11 is 1.60. The highest BCUT2D eigenvalue weighted by Crippen LogP contribution is 2.26. The number of imidazole rings is 1. The Hall–Kier alpha value is -2.60. The minimum atomic E-state index is 0.551. The molecule has 0 atom stereocenters. The normalized spacial score (nSPS) is 11.2. The van der Waals surface area contributed by atoms with Crippen LogP contribution in [0.3, 0.4) is 0 Å². The zero-order valence-corrected chi connectivity index (χ0v) is 14.2. The number of aryl methyl sites for hydroxylation is 2. The van der Waals surface area contributed by atoms with Crippen molar-refractivity contribution < 1.29 is 4.52 Å². The lowest BCUT2D eigenvalue weighted by molar-refractivity contribution is 0.425. The molecule has 5 nitrogen and oxygen atoms in total. The van der Waals surface area contributed by atoms with Crippen LogP contribution in [0.4, 0.5) is 0 Å². The molecule has 4 rings (SSSR count). The van der Waals surface area contributed by atoms with Gasteiger partial charge in [0.05, 0.1) is 16.8 Å². The maximum Gasteiger partial charge on any atom is 0.257 e. The van der Waals surface area contributed by atoms with Crippen molar-refractivity contribution in [3.8, 4) is 11.5 Å². The van der Waals surface area contributed by atoms with E-state index in [1.807, 2.05) is 49.5 Å². The first-order valence-electron chi connectivity index (χ1n) is 7.64. The summed E-state index contributed by atoms with van der Waals surface area (Å²) in [5.41, 5.74) is 4.26. The van der Waals surface area contributed by atoms with E-state index >= 15 is 0 Å². The molecule has 0 bridgehead atoms. The first-order chi connectivity index (χ1) is 11.7. The molecular formula is C18H16N4OS. The summed E-state index contributed by atoms with van der Waals surface area (Å²) in [5, 5.41) is 5.01. The van der Waals surface area contributed by atoms with E-state index in [0.29, 0.717) is 17.5 Å². The average Bonchev–Trinajstić information content (AvgIpc) is 3.19. The Bertz CT molecular complexity index is 988. The zero-order chi connectivity index (χ0) is 16.5. The number of fused-ring (bicyclic) bond motifs is 1. The second-order valence-corrected chi connectivity index (χ2v) is 6.56. The Morgan fingerprint density at radius 2 is 1.83 bits per heavy atom. The third kappa shape index (κ3) is 2.80. The number of thioether (sulfide) groups is 1. The summed E-state index contributed by atoms with van der Waals surface area (Å²) in [6.07, 6.45) is 0. The van der Waals surface area contributed by atoms with E-state index in [2.05, 4.69) is 32.7 Å². The van der Waals surface area contributed by atoms with Crippen LogP contribution in [0.15, 0.2) is 58.2 Å². The monoisotopic (exact) mass is 336 g/mol. The van der Waals surface area contributed by atoms with Gasteiger partial charge >= 0.3 is 0 Å². The highest BCUT2D eigenvalue weighted by Gasteiger charge is 2.12. The van der Waals surface area contributed by atoms with E-state index in [-0.39, 0.29) is 0 Å². The first kappa shape index (κ1) is 15.0. The van der Waals surface area contributed by atoms with Crippen LogP contribution >= 0.6 is 11.8 Å². The molecule has 0 radical (unpaired) electrons. The average molecular weight is 336 g/mol. The Morgan fingerprint density at radius 1 is 1.04 bits per heavy atom. The second-order valence-electron chi connectivity index (χ2n) is 5.61. The number of nitrogens with zero attached hydrogens (tertiary/aromatic N) is 4. The summed E-state index contributed by atoms with van der Waals surface area (Å²) in [6.45, 7) is 2.05. The highest BCUT2D eigenvalue weighted by molar-refractivity contribution is 7.98. The van der Waals surface area contributed by atoms with Gasteiger partial charge in [0, 0.05) is 12.6 Å². The zero-order valence-electron chi connectivity index (χ0n) is 13.4. The molecule has 0 N–H and O–H groups in total. The third-order valence-electron chi connectivity index (χ3n) is 3.84. The quantitative estimate of drug-likeness (QED) is 0.522. The van der Waals surface area contributed by atoms with E-state index < -0.39 is 0 Å². The number of hydrogen-bond acceptors (Lipinski definition) is 5. The van der Waals surface area contributed by atoms with Crippen molar-refractivity contribution in [1.82, 2.24) is 19.7 Å². The van der Waals surface area contributed by atoms with Crippen molar-refractivity contribution in [1.29, 1.82) is 0 Å². The van der Waals surface area contributed by atoms with Gasteiger partial charge in [0.2, 0.25) is 0 Å². The second kappa shape index (κ2) is 6.13. The molecule has 6 heteroatoms. The van der Waals surface area contributed by atoms with Gasteiger partial charge < -0.3 is 9.09 Å². The van der Waals surface area contributed by atoms with Crippen molar-refractivity contribution in [2.45, 2.75) is 17.8 Å². The summed E-state index contributed by atoms with van der Waals surface area (Å²) < 4.78 is 7.45. The molecule has 0 amide bonds. The van der Waals surface area contributed by atoms with Gasteiger partial charge in [0.15, 0.2) is 11.0 Å². The summed E-state index contributed by atoms with van der Waals surface area (Å²) in [7, 11) is 2.02. The van der Waals surface area contributed by atoms with Gasteiger partial charge in [-0.3, -0.25) is 0 Å². The maximum absolute atomic E-state index is 5.37. The van der Waals surface area contributed by atoms with Crippen LogP contribution in [-0.2, 0) is 12.8 Å². The van der Waals surface area contributed by atoms with Crippen LogP contribution in [0.1, 0.15) is 11.4 Å². The largest absolute Gasteiger partial charge is 0.334 e. The molecule has 0 fully saturated rings. The van der Waals surface area contributed by atoms with Gasteiger partial charge in [0.25, 0.3) is 5.89 Å². The fourth-order valence-electron chi connectivity index (χ4n) is 2.51. The number of benzene rings is 2. The Morgan fingerprint density at radius 3 is 2.62 bits per heavy atom. The van der Waals surface area contributed by atoms with E-state index in [1.54, 1.807) is 11.8 Å². The number of aromatic nitrogens is 4. The Labute approximate surface area is 143 Å². The minimum Gasteiger partial charge on any atom is -0.334 e. The lowest BCUT2D eigenvalue weighted by atomic mass is 10.1. The first-order valence-corrected chi connectivity index (χ1v) is 8.63. The molecule has 2 heterocycles. The Kier molecular flexibility index (Phi) is 3.82. The van der Waals surface area contributed by atoms with Crippen LogP contribution in [0.2, 0.25) is 0 Å². The molecule has 0 unspecified atom stereocenters. The SMILES string of the molecule is Cc1ccc(-c2nc(CSc3nc4ccccc4n3C)no2)cc1.